The number of benzene rings is 1. The normalized spacial score (nSPS) is 14.6. The zero-order valence-electron chi connectivity index (χ0n) is 15.6. The van der Waals surface area contributed by atoms with Crippen molar-refractivity contribution in [3.63, 3.8) is 0 Å². The Labute approximate surface area is 170 Å². The number of thiophene rings is 1. The predicted octanol–water partition coefficient (Wildman–Crippen LogP) is 4.61. The summed E-state index contributed by atoms with van der Waals surface area (Å²) < 4.78 is 0. The van der Waals surface area contributed by atoms with Gasteiger partial charge >= 0.3 is 0 Å². The molecule has 142 valence electrons. The number of aromatic amines is 2. The summed E-state index contributed by atoms with van der Waals surface area (Å²) in [5.74, 6) is 0.735. The van der Waals surface area contributed by atoms with Crippen molar-refractivity contribution in [1.29, 1.82) is 0 Å². The standard InChI is InChI=1S/C22H18N6S/c1-2-18(29-11-1)15-7-10-24-21-19(15)25-22(26-21)20-16-12-14(3-4-17(16)27-28-20)13-5-8-23-9-6-13/h1-5,7,10-12,23H,6,8-9H2,(H,27,28)(H,24,25,26). The number of nitrogens with one attached hydrogen (secondary N) is 3. The topological polar surface area (TPSA) is 82.3 Å². The first-order valence-electron chi connectivity index (χ1n) is 9.64. The first kappa shape index (κ1) is 16.6. The molecule has 0 unspecified atom stereocenters. The van der Waals surface area contributed by atoms with Crippen LogP contribution in [0.15, 0.2) is 54.1 Å². The van der Waals surface area contributed by atoms with Gasteiger partial charge in [-0.1, -0.05) is 18.2 Å². The highest BCUT2D eigenvalue weighted by molar-refractivity contribution is 7.13. The van der Waals surface area contributed by atoms with E-state index in [4.69, 9.17) is 4.98 Å². The highest BCUT2D eigenvalue weighted by Gasteiger charge is 2.17. The Kier molecular flexibility index (Phi) is 3.82. The molecule has 5 heterocycles. The smallest absolute Gasteiger partial charge is 0.178 e. The Balaban J connectivity index is 1.50. The summed E-state index contributed by atoms with van der Waals surface area (Å²) in [6.07, 6.45) is 5.12. The highest BCUT2D eigenvalue weighted by Crippen LogP contribution is 2.33. The van der Waals surface area contributed by atoms with E-state index in [9.17, 15) is 0 Å². The molecular formula is C22H18N6S. The van der Waals surface area contributed by atoms with Crippen LogP contribution in [0.3, 0.4) is 0 Å². The summed E-state index contributed by atoms with van der Waals surface area (Å²) in [5, 5.41) is 14.2. The van der Waals surface area contributed by atoms with Gasteiger partial charge in [-0.2, -0.15) is 5.10 Å². The number of rotatable bonds is 3. The summed E-state index contributed by atoms with van der Waals surface area (Å²) >= 11 is 1.71. The highest BCUT2D eigenvalue weighted by atomic mass is 32.1. The molecule has 7 heteroatoms. The average Bonchev–Trinajstić information content (AvgIpc) is 3.52. The quantitative estimate of drug-likeness (QED) is 0.415. The monoisotopic (exact) mass is 398 g/mol. The largest absolute Gasteiger partial charge is 0.335 e. The van der Waals surface area contributed by atoms with Crippen LogP contribution < -0.4 is 5.32 Å². The Morgan fingerprint density at radius 3 is 2.97 bits per heavy atom. The second-order valence-corrected chi connectivity index (χ2v) is 8.08. The number of hydrogen-bond acceptors (Lipinski definition) is 5. The summed E-state index contributed by atoms with van der Waals surface area (Å²) in [6.45, 7) is 1.94. The number of fused-ring (bicyclic) bond motifs is 2. The third-order valence-corrected chi connectivity index (χ3v) is 6.30. The van der Waals surface area contributed by atoms with E-state index in [1.807, 2.05) is 12.3 Å². The molecule has 6 nitrogen and oxygen atoms in total. The molecule has 1 aliphatic heterocycles. The van der Waals surface area contributed by atoms with Gasteiger partial charge in [-0.15, -0.1) is 11.3 Å². The molecule has 0 aliphatic carbocycles. The molecule has 1 aliphatic rings. The van der Waals surface area contributed by atoms with Crippen molar-refractivity contribution in [2.24, 2.45) is 0 Å². The number of pyridine rings is 1. The van der Waals surface area contributed by atoms with Crippen molar-refractivity contribution >= 4 is 39.0 Å². The lowest BCUT2D eigenvalue weighted by molar-refractivity contribution is 0.739. The Bertz CT molecular complexity index is 1360. The minimum absolute atomic E-state index is 0.708. The van der Waals surface area contributed by atoms with Gasteiger partial charge in [0, 0.05) is 28.6 Å². The lowest BCUT2D eigenvalue weighted by atomic mass is 9.98. The molecular weight excluding hydrogens is 380 g/mol. The Hall–Kier alpha value is -3.29. The second kappa shape index (κ2) is 6.65. The molecule has 3 N–H and O–H groups in total. The molecule has 5 aromatic rings. The molecule has 29 heavy (non-hydrogen) atoms. The van der Waals surface area contributed by atoms with Gasteiger partial charge in [-0.05, 0) is 53.7 Å². The SMILES string of the molecule is C1=C(c2ccc3[nH]nc(-c4nc5nccc(-c6cccs6)c5[nH]4)c3c2)CCNC1. The van der Waals surface area contributed by atoms with E-state index in [1.165, 1.54) is 16.0 Å². The van der Waals surface area contributed by atoms with Crippen molar-refractivity contribution in [2.75, 3.05) is 13.1 Å². The number of imidazole rings is 1. The number of nitrogens with zero attached hydrogens (tertiary/aromatic N) is 3. The molecule has 0 saturated carbocycles. The molecule has 1 aromatic carbocycles. The van der Waals surface area contributed by atoms with E-state index in [2.05, 4.69) is 67.3 Å². The molecule has 0 radical (unpaired) electrons. The molecule has 0 fully saturated rings. The van der Waals surface area contributed by atoms with Crippen molar-refractivity contribution < 1.29 is 0 Å². The maximum absolute atomic E-state index is 4.75. The van der Waals surface area contributed by atoms with E-state index in [0.717, 1.165) is 53.0 Å². The fourth-order valence-corrected chi connectivity index (χ4v) is 4.70. The fraction of sp³-hybridized carbons (Fsp3) is 0.136. The fourth-order valence-electron chi connectivity index (χ4n) is 3.94. The summed E-state index contributed by atoms with van der Waals surface area (Å²) in [7, 11) is 0. The third-order valence-electron chi connectivity index (χ3n) is 5.40. The number of H-pyrrole nitrogens is 2. The van der Waals surface area contributed by atoms with E-state index in [1.54, 1.807) is 11.3 Å². The van der Waals surface area contributed by atoms with Crippen LogP contribution in [0, 0.1) is 0 Å². The van der Waals surface area contributed by atoms with Gasteiger partial charge in [0.25, 0.3) is 0 Å². The summed E-state index contributed by atoms with van der Waals surface area (Å²) in [6, 6.07) is 12.7. The molecule has 6 rings (SSSR count). The van der Waals surface area contributed by atoms with E-state index < -0.39 is 0 Å². The molecule has 0 amide bonds. The van der Waals surface area contributed by atoms with Gasteiger partial charge in [-0.3, -0.25) is 5.10 Å². The third kappa shape index (κ3) is 2.78. The van der Waals surface area contributed by atoms with Crippen LogP contribution in [0.5, 0.6) is 0 Å². The van der Waals surface area contributed by atoms with Gasteiger partial charge in [0.1, 0.15) is 5.69 Å². The minimum Gasteiger partial charge on any atom is -0.335 e. The van der Waals surface area contributed by atoms with E-state index in [-0.39, 0.29) is 0 Å². The van der Waals surface area contributed by atoms with Crippen LogP contribution in [0.2, 0.25) is 0 Å². The van der Waals surface area contributed by atoms with Crippen LogP contribution in [-0.4, -0.2) is 38.2 Å². The van der Waals surface area contributed by atoms with Gasteiger partial charge in [-0.25, -0.2) is 9.97 Å². The maximum Gasteiger partial charge on any atom is 0.178 e. The first-order valence-corrected chi connectivity index (χ1v) is 10.5. The number of hydrogen-bond donors (Lipinski definition) is 3. The Morgan fingerprint density at radius 2 is 2.10 bits per heavy atom. The lowest BCUT2D eigenvalue weighted by Gasteiger charge is -2.14. The molecule has 0 spiro atoms. The lowest BCUT2D eigenvalue weighted by Crippen LogP contribution is -2.19. The van der Waals surface area contributed by atoms with Gasteiger partial charge in [0.2, 0.25) is 0 Å². The van der Waals surface area contributed by atoms with Crippen molar-refractivity contribution in [3.8, 4) is 22.0 Å². The van der Waals surface area contributed by atoms with Crippen LogP contribution in [0.1, 0.15) is 12.0 Å². The average molecular weight is 398 g/mol. The minimum atomic E-state index is 0.708. The maximum atomic E-state index is 4.75. The van der Waals surface area contributed by atoms with Crippen LogP contribution in [0.25, 0.3) is 49.6 Å². The molecule has 0 saturated heterocycles. The van der Waals surface area contributed by atoms with Gasteiger partial charge < -0.3 is 10.3 Å². The van der Waals surface area contributed by atoms with Crippen molar-refractivity contribution in [1.82, 2.24) is 30.5 Å². The Morgan fingerprint density at radius 1 is 1.10 bits per heavy atom. The van der Waals surface area contributed by atoms with E-state index in [0.29, 0.717) is 5.65 Å². The predicted molar refractivity (Wildman–Crippen MR) is 118 cm³/mol. The second-order valence-electron chi connectivity index (χ2n) is 7.14. The first-order chi connectivity index (χ1) is 14.4. The van der Waals surface area contributed by atoms with Crippen molar-refractivity contribution in [2.45, 2.75) is 6.42 Å². The van der Waals surface area contributed by atoms with Gasteiger partial charge in [0.05, 0.1) is 11.0 Å². The number of aromatic nitrogens is 5. The molecule has 4 aromatic heterocycles. The van der Waals surface area contributed by atoms with E-state index >= 15 is 0 Å². The molecule has 0 atom stereocenters. The van der Waals surface area contributed by atoms with Crippen molar-refractivity contribution in [3.05, 3.63) is 59.6 Å². The van der Waals surface area contributed by atoms with Crippen LogP contribution >= 0.6 is 11.3 Å². The zero-order chi connectivity index (χ0) is 19.2. The van der Waals surface area contributed by atoms with Crippen LogP contribution in [-0.2, 0) is 0 Å². The van der Waals surface area contributed by atoms with Gasteiger partial charge in [0.15, 0.2) is 11.5 Å². The summed E-state index contributed by atoms with van der Waals surface area (Å²) in [4.78, 5) is 13.9. The zero-order valence-corrected chi connectivity index (χ0v) is 16.4. The molecule has 0 bridgehead atoms. The summed E-state index contributed by atoms with van der Waals surface area (Å²) in [5.41, 5.74) is 7.22. The van der Waals surface area contributed by atoms with Crippen LogP contribution in [0.4, 0.5) is 0 Å².